The summed E-state index contributed by atoms with van der Waals surface area (Å²) in [6.45, 7) is 4.73. The predicted octanol–water partition coefficient (Wildman–Crippen LogP) is 4.15. The Kier molecular flexibility index (Phi) is 7.61. The number of terminal acetylenes is 1. The van der Waals surface area contributed by atoms with E-state index in [4.69, 9.17) is 11.2 Å². The summed E-state index contributed by atoms with van der Waals surface area (Å²) in [5, 5.41) is 3.98. The first-order valence-electron chi connectivity index (χ1n) is 13.3. The lowest BCUT2D eigenvalue weighted by atomic mass is 9.87. The van der Waals surface area contributed by atoms with Crippen LogP contribution >= 0.6 is 0 Å². The van der Waals surface area contributed by atoms with E-state index in [1.165, 1.54) is 42.7 Å². The van der Waals surface area contributed by atoms with E-state index in [2.05, 4.69) is 44.1 Å². The Morgan fingerprint density at radius 1 is 1.11 bits per heavy atom. The van der Waals surface area contributed by atoms with Crippen molar-refractivity contribution in [3.05, 3.63) is 46.4 Å². The fourth-order valence-electron chi connectivity index (χ4n) is 5.36. The number of hydrogen-bond donors (Lipinski definition) is 1. The number of hydrogen-bond acceptors (Lipinski definition) is 7. The van der Waals surface area contributed by atoms with Crippen LogP contribution in [-0.4, -0.2) is 59.3 Å². The topological polar surface area (TPSA) is 75.5 Å². The average Bonchev–Trinajstić information content (AvgIpc) is 2.92. The second-order valence-corrected chi connectivity index (χ2v) is 10.3. The van der Waals surface area contributed by atoms with Crippen molar-refractivity contribution in [3.63, 3.8) is 0 Å². The molecule has 8 nitrogen and oxygen atoms in total. The molecule has 2 aromatic heterocycles. The lowest BCUT2D eigenvalue weighted by Crippen LogP contribution is -2.44. The van der Waals surface area contributed by atoms with Crippen LogP contribution in [0.2, 0.25) is 0 Å². The number of benzene rings is 1. The summed E-state index contributed by atoms with van der Waals surface area (Å²) in [7, 11) is 3.85. The molecule has 0 spiro atoms. The molecule has 3 aromatic rings. The Morgan fingerprint density at radius 2 is 1.89 bits per heavy atom. The number of anilines is 3. The maximum absolute atomic E-state index is 12.3. The lowest BCUT2D eigenvalue weighted by Gasteiger charge is -2.35. The van der Waals surface area contributed by atoms with E-state index in [1.807, 2.05) is 12.1 Å². The van der Waals surface area contributed by atoms with Crippen molar-refractivity contribution in [1.82, 2.24) is 19.4 Å². The number of aromatic nitrogens is 3. The number of rotatable bonds is 7. The smallest absolute Gasteiger partial charge is 0.253 e. The quantitative estimate of drug-likeness (QED) is 0.489. The minimum atomic E-state index is -0.199. The molecular weight excluding hydrogens is 464 g/mol. The summed E-state index contributed by atoms with van der Waals surface area (Å²) in [6, 6.07) is 7.63. The van der Waals surface area contributed by atoms with Gasteiger partial charge in [0.05, 0.1) is 17.7 Å². The third-order valence-electron chi connectivity index (χ3n) is 7.70. The monoisotopic (exact) mass is 500 g/mol. The first kappa shape index (κ1) is 25.1. The highest BCUT2D eigenvalue weighted by atomic mass is 16.5. The number of nitrogens with one attached hydrogen (secondary N) is 1. The minimum Gasteiger partial charge on any atom is -0.491 e. The van der Waals surface area contributed by atoms with Crippen LogP contribution in [0.4, 0.5) is 17.3 Å². The van der Waals surface area contributed by atoms with Gasteiger partial charge in [0.15, 0.2) is 0 Å². The number of aryl methyl sites for hydroxylation is 1. The second-order valence-electron chi connectivity index (χ2n) is 10.3. The summed E-state index contributed by atoms with van der Waals surface area (Å²) < 4.78 is 7.92. The van der Waals surface area contributed by atoms with Crippen LogP contribution in [0, 0.1) is 18.3 Å². The summed E-state index contributed by atoms with van der Waals surface area (Å²) >= 11 is 0. The molecule has 2 fully saturated rings. The van der Waals surface area contributed by atoms with Crippen molar-refractivity contribution in [2.75, 3.05) is 50.1 Å². The second kappa shape index (κ2) is 11.2. The molecule has 1 aromatic carbocycles. The molecule has 194 valence electrons. The van der Waals surface area contributed by atoms with Gasteiger partial charge < -0.3 is 19.9 Å². The molecule has 0 amide bonds. The molecule has 0 radical (unpaired) electrons. The molecule has 1 N–H and O–H groups in total. The minimum absolute atomic E-state index is 0.199. The fourth-order valence-corrected chi connectivity index (χ4v) is 5.36. The van der Waals surface area contributed by atoms with Gasteiger partial charge in [0, 0.05) is 62.8 Å². The van der Waals surface area contributed by atoms with Gasteiger partial charge in [-0.25, -0.2) is 4.98 Å². The number of likely N-dealkylation sites (N-methyl/N-ethyl adjacent to an activating group) is 1. The molecule has 1 saturated heterocycles. The third kappa shape index (κ3) is 5.72. The fraction of sp³-hybridized carbons (Fsp3) is 0.483. The molecule has 3 heterocycles. The zero-order valence-electron chi connectivity index (χ0n) is 21.9. The standard InChI is InChI=1S/C29H36N6O2/c1-4-22-18-27(36)34(3)28-24(22)20-30-29(32-28)31-23-10-11-25(35-15-13-33(2)14-16-35)26(19-23)37-17-12-21-8-6-5-7-9-21/h1,10-11,18-21H,5-9,12-17H2,2-3H3,(H,30,31,32). The summed E-state index contributed by atoms with van der Waals surface area (Å²) in [5.74, 6) is 4.61. The van der Waals surface area contributed by atoms with E-state index in [0.717, 1.165) is 62.2 Å². The Balaban J connectivity index is 1.39. The van der Waals surface area contributed by atoms with Crippen LogP contribution < -0.4 is 20.5 Å². The van der Waals surface area contributed by atoms with Crippen LogP contribution in [0.1, 0.15) is 44.1 Å². The average molecular weight is 501 g/mol. The molecule has 2 aliphatic rings. The molecule has 8 heteroatoms. The van der Waals surface area contributed by atoms with Gasteiger partial charge in [0.1, 0.15) is 11.4 Å². The van der Waals surface area contributed by atoms with Gasteiger partial charge in [-0.15, -0.1) is 6.42 Å². The van der Waals surface area contributed by atoms with Gasteiger partial charge in [-0.1, -0.05) is 38.0 Å². The van der Waals surface area contributed by atoms with E-state index < -0.39 is 0 Å². The molecular formula is C29H36N6O2. The van der Waals surface area contributed by atoms with E-state index in [0.29, 0.717) is 22.5 Å². The van der Waals surface area contributed by atoms with Crippen LogP contribution in [0.5, 0.6) is 5.75 Å². The van der Waals surface area contributed by atoms with Crippen LogP contribution in [0.15, 0.2) is 35.3 Å². The van der Waals surface area contributed by atoms with Crippen LogP contribution in [0.25, 0.3) is 11.0 Å². The van der Waals surface area contributed by atoms with Gasteiger partial charge in [-0.2, -0.15) is 4.98 Å². The third-order valence-corrected chi connectivity index (χ3v) is 7.70. The maximum atomic E-state index is 12.3. The van der Waals surface area contributed by atoms with Crippen molar-refractivity contribution in [1.29, 1.82) is 0 Å². The molecule has 0 bridgehead atoms. The van der Waals surface area contributed by atoms with Crippen molar-refractivity contribution < 1.29 is 4.74 Å². The SMILES string of the molecule is C#Cc1cc(=O)n(C)c2nc(Nc3ccc(N4CCN(C)CC4)c(OCCC4CCCCC4)c3)ncc12. The van der Waals surface area contributed by atoms with Gasteiger partial charge in [0.2, 0.25) is 5.95 Å². The number of fused-ring (bicyclic) bond motifs is 1. The van der Waals surface area contributed by atoms with E-state index in [1.54, 1.807) is 13.2 Å². The van der Waals surface area contributed by atoms with Crippen molar-refractivity contribution in [3.8, 4) is 18.1 Å². The van der Waals surface area contributed by atoms with Crippen molar-refractivity contribution >= 4 is 28.4 Å². The van der Waals surface area contributed by atoms with Crippen LogP contribution in [-0.2, 0) is 7.05 Å². The Bertz CT molecular complexity index is 1350. The summed E-state index contributed by atoms with van der Waals surface area (Å²) in [6.07, 6.45) is 15.1. The van der Waals surface area contributed by atoms with E-state index >= 15 is 0 Å². The zero-order chi connectivity index (χ0) is 25.8. The van der Waals surface area contributed by atoms with Gasteiger partial charge in [0.25, 0.3) is 5.56 Å². The van der Waals surface area contributed by atoms with Gasteiger partial charge in [-0.05, 0) is 31.5 Å². The number of pyridine rings is 1. The zero-order valence-corrected chi connectivity index (χ0v) is 21.9. The Labute approximate surface area is 218 Å². The summed E-state index contributed by atoms with van der Waals surface area (Å²) in [5.41, 5.74) is 2.76. The molecule has 0 atom stereocenters. The molecule has 1 aliphatic carbocycles. The molecule has 5 rings (SSSR count). The summed E-state index contributed by atoms with van der Waals surface area (Å²) in [4.78, 5) is 26.1. The van der Waals surface area contributed by atoms with Crippen LogP contribution in [0.3, 0.4) is 0 Å². The highest BCUT2D eigenvalue weighted by Crippen LogP contribution is 2.34. The Hall–Kier alpha value is -3.57. The molecule has 1 saturated carbocycles. The highest BCUT2D eigenvalue weighted by molar-refractivity contribution is 5.82. The molecule has 0 unspecified atom stereocenters. The van der Waals surface area contributed by atoms with Gasteiger partial charge in [-0.3, -0.25) is 9.36 Å². The molecule has 1 aliphatic heterocycles. The normalized spacial score (nSPS) is 17.1. The Morgan fingerprint density at radius 3 is 2.65 bits per heavy atom. The highest BCUT2D eigenvalue weighted by Gasteiger charge is 2.20. The number of piperazine rings is 1. The van der Waals surface area contributed by atoms with Crippen molar-refractivity contribution in [2.45, 2.75) is 38.5 Å². The van der Waals surface area contributed by atoms with E-state index in [9.17, 15) is 4.79 Å². The molecule has 37 heavy (non-hydrogen) atoms. The predicted molar refractivity (Wildman–Crippen MR) is 149 cm³/mol. The first-order chi connectivity index (χ1) is 18.0. The van der Waals surface area contributed by atoms with E-state index in [-0.39, 0.29) is 5.56 Å². The van der Waals surface area contributed by atoms with Gasteiger partial charge >= 0.3 is 0 Å². The maximum Gasteiger partial charge on any atom is 0.253 e. The number of ether oxygens (including phenoxy) is 1. The van der Waals surface area contributed by atoms with Crippen molar-refractivity contribution in [2.24, 2.45) is 13.0 Å². The first-order valence-corrected chi connectivity index (χ1v) is 13.3. The number of nitrogens with zero attached hydrogens (tertiary/aromatic N) is 5. The lowest BCUT2D eigenvalue weighted by molar-refractivity contribution is 0.245. The largest absolute Gasteiger partial charge is 0.491 e.